The van der Waals surface area contributed by atoms with Crippen molar-refractivity contribution in [2.24, 2.45) is 0 Å². The lowest BCUT2D eigenvalue weighted by atomic mass is 10.0. The molecule has 0 saturated carbocycles. The third-order valence-electron chi connectivity index (χ3n) is 8.89. The maximum Gasteiger partial charge on any atom is 0.303 e. The van der Waals surface area contributed by atoms with Gasteiger partial charge in [0, 0.05) is 12.8 Å². The molecular formula is C42H86O4S. The molecule has 0 atom stereocenters. The summed E-state index contributed by atoms with van der Waals surface area (Å²) in [7, 11) is 0. The first-order valence-electron chi connectivity index (χ1n) is 21.0. The SMILES string of the molecule is CCC(=O)O.CCC(=O)O.CCCCCCCCCCCCCCCCCCSCCCCCCCCCCCCCCCCCC. The lowest BCUT2D eigenvalue weighted by molar-refractivity contribution is -0.137. The Bertz CT molecular complexity index is 521. The Balaban J connectivity index is -0.00000167. The van der Waals surface area contributed by atoms with Crippen LogP contribution in [0.4, 0.5) is 0 Å². The molecule has 0 heterocycles. The van der Waals surface area contributed by atoms with Gasteiger partial charge in [0.2, 0.25) is 0 Å². The van der Waals surface area contributed by atoms with Crippen molar-refractivity contribution < 1.29 is 19.8 Å². The van der Waals surface area contributed by atoms with Crippen LogP contribution < -0.4 is 0 Å². The van der Waals surface area contributed by atoms with Gasteiger partial charge in [0.25, 0.3) is 0 Å². The van der Waals surface area contributed by atoms with Gasteiger partial charge in [-0.1, -0.05) is 220 Å². The van der Waals surface area contributed by atoms with E-state index >= 15 is 0 Å². The highest BCUT2D eigenvalue weighted by Gasteiger charge is 1.97. The van der Waals surface area contributed by atoms with Crippen molar-refractivity contribution in [1.29, 1.82) is 0 Å². The van der Waals surface area contributed by atoms with Crippen molar-refractivity contribution in [3.63, 3.8) is 0 Å². The molecule has 0 aliphatic rings. The molecule has 0 amide bonds. The van der Waals surface area contributed by atoms with Gasteiger partial charge >= 0.3 is 11.9 Å². The van der Waals surface area contributed by atoms with Crippen molar-refractivity contribution in [1.82, 2.24) is 0 Å². The van der Waals surface area contributed by atoms with Crippen LogP contribution in [-0.4, -0.2) is 33.7 Å². The van der Waals surface area contributed by atoms with Crippen molar-refractivity contribution in [2.45, 2.75) is 246 Å². The molecule has 0 aromatic rings. The third kappa shape index (κ3) is 61.0. The summed E-state index contributed by atoms with van der Waals surface area (Å²) in [6, 6.07) is 0. The summed E-state index contributed by atoms with van der Waals surface area (Å²) < 4.78 is 0. The number of hydrogen-bond donors (Lipinski definition) is 2. The monoisotopic (exact) mass is 687 g/mol. The Labute approximate surface area is 300 Å². The molecule has 47 heavy (non-hydrogen) atoms. The molecule has 0 saturated heterocycles. The molecule has 4 nitrogen and oxygen atoms in total. The highest BCUT2D eigenvalue weighted by molar-refractivity contribution is 7.99. The van der Waals surface area contributed by atoms with Gasteiger partial charge in [0.15, 0.2) is 0 Å². The molecule has 0 aliphatic heterocycles. The molecule has 0 aromatic carbocycles. The Hall–Kier alpha value is -0.710. The molecule has 0 radical (unpaired) electrons. The van der Waals surface area contributed by atoms with Gasteiger partial charge in [-0.05, 0) is 24.3 Å². The average Bonchev–Trinajstić information content (AvgIpc) is 3.07. The van der Waals surface area contributed by atoms with Crippen LogP contribution in [0.3, 0.4) is 0 Å². The number of carboxylic acid groups (broad SMARTS) is 2. The average molecular weight is 687 g/mol. The largest absolute Gasteiger partial charge is 0.481 e. The fraction of sp³-hybridized carbons (Fsp3) is 0.952. The van der Waals surface area contributed by atoms with E-state index in [0.717, 1.165) is 0 Å². The Kier molecular flexibility index (Phi) is 53.5. The second-order valence-corrected chi connectivity index (χ2v) is 14.9. The predicted molar refractivity (Wildman–Crippen MR) is 212 cm³/mol. The van der Waals surface area contributed by atoms with E-state index in [1.807, 2.05) is 0 Å². The van der Waals surface area contributed by atoms with Crippen molar-refractivity contribution in [2.75, 3.05) is 11.5 Å². The Morgan fingerprint density at radius 1 is 0.319 bits per heavy atom. The normalized spacial score (nSPS) is 10.6. The molecule has 2 N–H and O–H groups in total. The fourth-order valence-electron chi connectivity index (χ4n) is 5.61. The minimum Gasteiger partial charge on any atom is -0.481 e. The molecular weight excluding hydrogens is 601 g/mol. The smallest absolute Gasteiger partial charge is 0.303 e. The van der Waals surface area contributed by atoms with Crippen LogP contribution in [0.15, 0.2) is 0 Å². The number of thioether (sulfide) groups is 1. The van der Waals surface area contributed by atoms with Gasteiger partial charge in [0.05, 0.1) is 0 Å². The third-order valence-corrected chi connectivity index (χ3v) is 10.0. The Morgan fingerprint density at radius 3 is 0.617 bits per heavy atom. The summed E-state index contributed by atoms with van der Waals surface area (Å²) in [5.41, 5.74) is 0. The van der Waals surface area contributed by atoms with Crippen molar-refractivity contribution in [3.05, 3.63) is 0 Å². The Morgan fingerprint density at radius 2 is 0.468 bits per heavy atom. The number of carbonyl (C=O) groups is 2. The first-order valence-corrected chi connectivity index (χ1v) is 22.1. The molecule has 0 rings (SSSR count). The van der Waals surface area contributed by atoms with Gasteiger partial charge in [-0.2, -0.15) is 11.8 Å². The van der Waals surface area contributed by atoms with E-state index in [2.05, 4.69) is 25.6 Å². The van der Waals surface area contributed by atoms with E-state index in [9.17, 15) is 9.59 Å². The summed E-state index contributed by atoms with van der Waals surface area (Å²) in [6.07, 6.45) is 47.6. The minimum absolute atomic E-state index is 0.222. The summed E-state index contributed by atoms with van der Waals surface area (Å²) in [5, 5.41) is 15.4. The zero-order valence-electron chi connectivity index (χ0n) is 32.6. The van der Waals surface area contributed by atoms with Gasteiger partial charge in [0.1, 0.15) is 0 Å². The van der Waals surface area contributed by atoms with Crippen LogP contribution in [0, 0.1) is 0 Å². The maximum absolute atomic E-state index is 9.37. The summed E-state index contributed by atoms with van der Waals surface area (Å²) in [4.78, 5) is 18.7. The summed E-state index contributed by atoms with van der Waals surface area (Å²) in [5.74, 6) is 1.34. The first kappa shape index (κ1) is 50.7. The quantitative estimate of drug-likeness (QED) is 0.0642. The molecule has 0 spiro atoms. The highest BCUT2D eigenvalue weighted by Crippen LogP contribution is 2.17. The number of carboxylic acids is 2. The van der Waals surface area contributed by atoms with Gasteiger partial charge in [-0.15, -0.1) is 0 Å². The molecule has 0 aliphatic carbocycles. The van der Waals surface area contributed by atoms with Crippen LogP contribution in [0.1, 0.15) is 246 Å². The van der Waals surface area contributed by atoms with E-state index < -0.39 is 11.9 Å². The van der Waals surface area contributed by atoms with Crippen LogP contribution >= 0.6 is 11.8 Å². The van der Waals surface area contributed by atoms with Crippen LogP contribution in [0.2, 0.25) is 0 Å². The van der Waals surface area contributed by atoms with E-state index in [4.69, 9.17) is 10.2 Å². The van der Waals surface area contributed by atoms with E-state index in [0.29, 0.717) is 0 Å². The standard InChI is InChI=1S/C36H74S.2C3H6O2/c1-3-5-7-9-11-13-15-17-19-21-23-25-27-29-31-33-35-37-36-34-32-30-28-26-24-22-20-18-16-14-12-10-8-6-4-2;2*1-2-3(4)5/h3-36H2,1-2H3;2*2H2,1H3,(H,4,5). The van der Waals surface area contributed by atoms with E-state index in [1.165, 1.54) is 217 Å². The van der Waals surface area contributed by atoms with Crippen LogP contribution in [-0.2, 0) is 9.59 Å². The van der Waals surface area contributed by atoms with Crippen molar-refractivity contribution >= 4 is 23.7 Å². The summed E-state index contributed by atoms with van der Waals surface area (Å²) >= 11 is 2.23. The number of unbranched alkanes of at least 4 members (excludes halogenated alkanes) is 30. The first-order chi connectivity index (χ1) is 23.0. The highest BCUT2D eigenvalue weighted by atomic mass is 32.2. The maximum atomic E-state index is 9.37. The lowest BCUT2D eigenvalue weighted by Crippen LogP contribution is -1.87. The molecule has 0 bridgehead atoms. The second kappa shape index (κ2) is 49.7. The van der Waals surface area contributed by atoms with Gasteiger partial charge < -0.3 is 10.2 Å². The minimum atomic E-state index is -0.745. The van der Waals surface area contributed by atoms with Crippen LogP contribution in [0.5, 0.6) is 0 Å². The zero-order valence-corrected chi connectivity index (χ0v) is 33.4. The molecule has 0 aromatic heterocycles. The molecule has 5 heteroatoms. The topological polar surface area (TPSA) is 74.6 Å². The molecule has 284 valence electrons. The molecule has 0 fully saturated rings. The van der Waals surface area contributed by atoms with E-state index in [-0.39, 0.29) is 12.8 Å². The van der Waals surface area contributed by atoms with Gasteiger partial charge in [-0.25, -0.2) is 0 Å². The number of hydrogen-bond acceptors (Lipinski definition) is 3. The van der Waals surface area contributed by atoms with E-state index in [1.54, 1.807) is 13.8 Å². The van der Waals surface area contributed by atoms with Crippen LogP contribution in [0.25, 0.3) is 0 Å². The zero-order chi connectivity index (χ0) is 35.3. The predicted octanol–water partition coefficient (Wildman–Crippen LogP) is 15.2. The molecule has 0 unspecified atom stereocenters. The van der Waals surface area contributed by atoms with Gasteiger partial charge in [-0.3, -0.25) is 9.59 Å². The second-order valence-electron chi connectivity index (χ2n) is 13.7. The lowest BCUT2D eigenvalue weighted by Gasteiger charge is -2.05. The fourth-order valence-corrected chi connectivity index (χ4v) is 6.63. The number of rotatable bonds is 36. The van der Waals surface area contributed by atoms with Crippen molar-refractivity contribution in [3.8, 4) is 0 Å². The number of aliphatic carboxylic acids is 2. The summed E-state index contributed by atoms with van der Waals surface area (Å²) in [6.45, 7) is 7.81.